The molecular weight excluding hydrogens is 306 g/mol. The van der Waals surface area contributed by atoms with E-state index in [0.717, 1.165) is 28.5 Å². The number of anilines is 1. The summed E-state index contributed by atoms with van der Waals surface area (Å²) < 4.78 is 0. The molecule has 6 heteroatoms. The van der Waals surface area contributed by atoms with Crippen molar-refractivity contribution in [2.75, 3.05) is 19.0 Å². The van der Waals surface area contributed by atoms with Crippen LogP contribution >= 0.6 is 11.3 Å². The molecule has 0 aliphatic rings. The Hall–Kier alpha value is -1.92. The van der Waals surface area contributed by atoms with E-state index in [4.69, 9.17) is 4.98 Å². The number of para-hydroxylation sites is 2. The van der Waals surface area contributed by atoms with Gasteiger partial charge < -0.3 is 15.2 Å². The number of imidazole rings is 1. The molecule has 2 N–H and O–H groups in total. The molecule has 5 nitrogen and oxygen atoms in total. The Morgan fingerprint density at radius 3 is 2.70 bits per heavy atom. The van der Waals surface area contributed by atoms with Crippen molar-refractivity contribution in [2.45, 2.75) is 26.4 Å². The van der Waals surface area contributed by atoms with Gasteiger partial charge in [-0.1, -0.05) is 26.0 Å². The first kappa shape index (κ1) is 16.0. The standard InChI is InChI=1S/C17H23N5S/c1-11(2)15(16-20-13-7-5-6-8-14(13)21-16)18-9-12-10-19-17(23-12)22(3)4/h5-8,10-11,15,18H,9H2,1-4H3,(H,20,21)/t15-/m0/s1. The molecule has 0 bridgehead atoms. The van der Waals surface area contributed by atoms with E-state index in [-0.39, 0.29) is 6.04 Å². The highest BCUT2D eigenvalue weighted by molar-refractivity contribution is 7.15. The summed E-state index contributed by atoms with van der Waals surface area (Å²) in [5, 5.41) is 4.66. The van der Waals surface area contributed by atoms with E-state index in [1.807, 2.05) is 43.4 Å². The highest BCUT2D eigenvalue weighted by atomic mass is 32.1. The van der Waals surface area contributed by atoms with Crippen LogP contribution in [0.25, 0.3) is 11.0 Å². The van der Waals surface area contributed by atoms with Crippen LogP contribution in [0.5, 0.6) is 0 Å². The Bertz CT molecular complexity index is 741. The van der Waals surface area contributed by atoms with Crippen LogP contribution < -0.4 is 10.2 Å². The minimum atomic E-state index is 0.187. The molecule has 0 saturated carbocycles. The van der Waals surface area contributed by atoms with E-state index in [0.29, 0.717) is 5.92 Å². The minimum absolute atomic E-state index is 0.187. The maximum absolute atomic E-state index is 4.74. The van der Waals surface area contributed by atoms with E-state index in [9.17, 15) is 0 Å². The van der Waals surface area contributed by atoms with Gasteiger partial charge in [-0.05, 0) is 18.1 Å². The summed E-state index contributed by atoms with van der Waals surface area (Å²) in [4.78, 5) is 15.9. The highest BCUT2D eigenvalue weighted by Gasteiger charge is 2.19. The highest BCUT2D eigenvalue weighted by Crippen LogP contribution is 2.25. The number of aromatic nitrogens is 3. The summed E-state index contributed by atoms with van der Waals surface area (Å²) in [6.07, 6.45) is 1.95. The van der Waals surface area contributed by atoms with Gasteiger partial charge >= 0.3 is 0 Å². The normalized spacial score (nSPS) is 12.9. The Kier molecular flexibility index (Phi) is 4.63. The predicted octanol–water partition coefficient (Wildman–Crippen LogP) is 3.57. The maximum Gasteiger partial charge on any atom is 0.185 e. The number of thiazole rings is 1. The lowest BCUT2D eigenvalue weighted by Crippen LogP contribution is -2.26. The van der Waals surface area contributed by atoms with Crippen LogP contribution in [0.4, 0.5) is 5.13 Å². The van der Waals surface area contributed by atoms with Crippen molar-refractivity contribution in [2.24, 2.45) is 5.92 Å². The number of hydrogen-bond donors (Lipinski definition) is 2. The number of benzene rings is 1. The molecule has 122 valence electrons. The third-order valence-electron chi connectivity index (χ3n) is 3.79. The zero-order valence-corrected chi connectivity index (χ0v) is 14.8. The molecular formula is C17H23N5S. The molecule has 23 heavy (non-hydrogen) atoms. The largest absolute Gasteiger partial charge is 0.354 e. The van der Waals surface area contributed by atoms with Crippen LogP contribution in [0.15, 0.2) is 30.5 Å². The van der Waals surface area contributed by atoms with Crippen molar-refractivity contribution in [3.05, 3.63) is 41.2 Å². The lowest BCUT2D eigenvalue weighted by Gasteiger charge is -2.19. The topological polar surface area (TPSA) is 56.8 Å². The van der Waals surface area contributed by atoms with Gasteiger partial charge in [0.1, 0.15) is 5.82 Å². The molecule has 0 amide bonds. The van der Waals surface area contributed by atoms with Crippen molar-refractivity contribution >= 4 is 27.5 Å². The summed E-state index contributed by atoms with van der Waals surface area (Å²) in [6.45, 7) is 5.22. The number of H-pyrrole nitrogens is 1. The van der Waals surface area contributed by atoms with Crippen LogP contribution in [0.3, 0.4) is 0 Å². The molecule has 3 aromatic rings. The lowest BCUT2D eigenvalue weighted by atomic mass is 10.0. The Morgan fingerprint density at radius 2 is 2.04 bits per heavy atom. The van der Waals surface area contributed by atoms with Gasteiger partial charge in [0.25, 0.3) is 0 Å². The third-order valence-corrected chi connectivity index (χ3v) is 4.95. The van der Waals surface area contributed by atoms with Crippen LogP contribution in [-0.4, -0.2) is 29.0 Å². The first-order chi connectivity index (χ1) is 11.0. The molecule has 0 radical (unpaired) electrons. The second kappa shape index (κ2) is 6.68. The van der Waals surface area contributed by atoms with Gasteiger partial charge in [0, 0.05) is 31.7 Å². The number of nitrogens with one attached hydrogen (secondary N) is 2. The monoisotopic (exact) mass is 329 g/mol. The van der Waals surface area contributed by atoms with Crippen LogP contribution in [0.2, 0.25) is 0 Å². The summed E-state index contributed by atoms with van der Waals surface area (Å²) in [6, 6.07) is 8.34. The van der Waals surface area contributed by atoms with Gasteiger partial charge in [-0.25, -0.2) is 9.97 Å². The van der Waals surface area contributed by atoms with Gasteiger partial charge in [0.2, 0.25) is 0 Å². The Labute approximate surface area is 140 Å². The predicted molar refractivity (Wildman–Crippen MR) is 97.0 cm³/mol. The van der Waals surface area contributed by atoms with Crippen LogP contribution in [-0.2, 0) is 6.54 Å². The fourth-order valence-corrected chi connectivity index (χ4v) is 3.35. The molecule has 2 aromatic heterocycles. The van der Waals surface area contributed by atoms with Gasteiger partial charge in [-0.3, -0.25) is 0 Å². The zero-order valence-electron chi connectivity index (χ0n) is 14.0. The van der Waals surface area contributed by atoms with E-state index < -0.39 is 0 Å². The maximum atomic E-state index is 4.74. The fourth-order valence-electron chi connectivity index (χ4n) is 2.56. The minimum Gasteiger partial charge on any atom is -0.354 e. The number of rotatable bonds is 6. The van der Waals surface area contributed by atoms with Crippen molar-refractivity contribution in [1.82, 2.24) is 20.3 Å². The van der Waals surface area contributed by atoms with Gasteiger partial charge in [-0.2, -0.15) is 0 Å². The Morgan fingerprint density at radius 1 is 1.26 bits per heavy atom. The zero-order chi connectivity index (χ0) is 16.4. The molecule has 0 unspecified atom stereocenters. The van der Waals surface area contributed by atoms with Crippen LogP contribution in [0.1, 0.15) is 30.6 Å². The van der Waals surface area contributed by atoms with Gasteiger partial charge in [0.05, 0.1) is 17.1 Å². The summed E-state index contributed by atoms with van der Waals surface area (Å²) >= 11 is 1.72. The average Bonchev–Trinajstić information content (AvgIpc) is 3.13. The van der Waals surface area contributed by atoms with Crippen molar-refractivity contribution in [3.8, 4) is 0 Å². The number of aromatic amines is 1. The molecule has 3 rings (SSSR count). The molecule has 1 atom stereocenters. The summed E-state index contributed by atoms with van der Waals surface area (Å²) in [7, 11) is 4.03. The SMILES string of the molecule is CC(C)[C@H](NCc1cnc(N(C)C)s1)c1nc2ccccc2[nH]1. The van der Waals surface area contributed by atoms with E-state index in [1.165, 1.54) is 4.88 Å². The summed E-state index contributed by atoms with van der Waals surface area (Å²) in [5.74, 6) is 1.44. The summed E-state index contributed by atoms with van der Waals surface area (Å²) in [5.41, 5.74) is 2.10. The molecule has 2 heterocycles. The quantitative estimate of drug-likeness (QED) is 0.726. The number of fused-ring (bicyclic) bond motifs is 1. The smallest absolute Gasteiger partial charge is 0.185 e. The van der Waals surface area contributed by atoms with E-state index in [2.05, 4.69) is 35.2 Å². The second-order valence-corrected chi connectivity index (χ2v) is 7.34. The Balaban J connectivity index is 1.76. The van der Waals surface area contributed by atoms with E-state index >= 15 is 0 Å². The second-order valence-electron chi connectivity index (χ2n) is 6.25. The first-order valence-corrected chi connectivity index (χ1v) is 8.66. The number of hydrogen-bond acceptors (Lipinski definition) is 5. The van der Waals surface area contributed by atoms with Gasteiger partial charge in [0.15, 0.2) is 5.13 Å². The molecule has 1 aromatic carbocycles. The van der Waals surface area contributed by atoms with Crippen molar-refractivity contribution < 1.29 is 0 Å². The van der Waals surface area contributed by atoms with Crippen LogP contribution in [0, 0.1) is 5.92 Å². The third kappa shape index (κ3) is 3.54. The average molecular weight is 329 g/mol. The fraction of sp³-hybridized carbons (Fsp3) is 0.412. The number of nitrogens with zero attached hydrogens (tertiary/aromatic N) is 3. The van der Waals surface area contributed by atoms with Crippen molar-refractivity contribution in [3.63, 3.8) is 0 Å². The van der Waals surface area contributed by atoms with Crippen molar-refractivity contribution in [1.29, 1.82) is 0 Å². The molecule has 0 aliphatic carbocycles. The first-order valence-electron chi connectivity index (χ1n) is 7.84. The molecule has 0 aliphatic heterocycles. The van der Waals surface area contributed by atoms with Gasteiger partial charge in [-0.15, -0.1) is 11.3 Å². The lowest BCUT2D eigenvalue weighted by molar-refractivity contribution is 0.397. The molecule has 0 spiro atoms. The molecule has 0 fully saturated rings. The molecule has 0 saturated heterocycles. The van der Waals surface area contributed by atoms with E-state index in [1.54, 1.807) is 11.3 Å².